The molecule has 0 aliphatic heterocycles. The normalized spacial score (nSPS) is 12.9. The molecule has 0 aromatic heterocycles. The van der Waals surface area contributed by atoms with Crippen LogP contribution in [0.1, 0.15) is 62.9 Å². The van der Waals surface area contributed by atoms with Crippen molar-refractivity contribution in [1.29, 1.82) is 0 Å². The van der Waals surface area contributed by atoms with E-state index in [0.717, 1.165) is 9.00 Å². The third kappa shape index (κ3) is 8.49. The Morgan fingerprint density at radius 1 is 0.907 bits per heavy atom. The summed E-state index contributed by atoms with van der Waals surface area (Å²) in [4.78, 5) is 50.7. The number of amides is 1. The number of ketones is 1. The molecule has 1 amide bonds. The molecule has 2 N–H and O–H groups in total. The van der Waals surface area contributed by atoms with Crippen molar-refractivity contribution in [2.45, 2.75) is 47.0 Å². The van der Waals surface area contributed by atoms with E-state index in [1.807, 2.05) is 18.2 Å². The number of hydrogen-bond acceptors (Lipinski definition) is 7. The minimum absolute atomic E-state index is 0.0452. The standard InChI is InChI=1S/C20H28NO5.C13H9O2.CH2.Co/c1-6-26-18(24)20(4,14-19(2,3)17(23)25-5)13-12-16(22)21-15-10-8-7-9-11-15;14-12-9-5-4-8-11(12)13(15)10-6-2-1-3-7-10;;/h8-11H,6,12-14H2,1-5H3,(H,21,22);1-4,6-9,14H;1H2;. The van der Waals surface area contributed by atoms with Crippen molar-refractivity contribution in [3.8, 4) is 5.75 Å². The number of anilines is 1. The summed E-state index contributed by atoms with van der Waals surface area (Å²) in [5.41, 5.74) is 3.58. The van der Waals surface area contributed by atoms with E-state index in [1.165, 1.54) is 7.11 Å². The van der Waals surface area contributed by atoms with E-state index in [2.05, 4.69) is 10.8 Å². The summed E-state index contributed by atoms with van der Waals surface area (Å²) < 4.78 is 11.9. The topological polar surface area (TPSA) is 119 Å². The zero-order valence-electron chi connectivity index (χ0n) is 25.2. The van der Waals surface area contributed by atoms with Crippen LogP contribution in [0, 0.1) is 10.8 Å². The number of benzene rings is 3. The van der Waals surface area contributed by atoms with Crippen LogP contribution in [0.5, 0.6) is 5.75 Å². The first kappa shape index (κ1) is 33.4. The number of hydrogen-bond donors (Lipinski definition) is 2. The van der Waals surface area contributed by atoms with Gasteiger partial charge in [-0.15, -0.1) is 0 Å². The van der Waals surface area contributed by atoms with E-state index in [0.29, 0.717) is 11.3 Å². The number of nitrogens with one attached hydrogen (secondary N) is 1. The van der Waals surface area contributed by atoms with Crippen LogP contribution < -0.4 is 14.3 Å². The van der Waals surface area contributed by atoms with Crippen molar-refractivity contribution in [3.63, 3.8) is 0 Å². The molecule has 0 saturated carbocycles. The average molecular weight is 633 g/mol. The Labute approximate surface area is 256 Å². The summed E-state index contributed by atoms with van der Waals surface area (Å²) in [5, 5.41) is 13.5. The Balaban J connectivity index is 1.66. The predicted octanol–water partition coefficient (Wildman–Crippen LogP) is 4.50. The second kappa shape index (κ2) is 14.4. The number of aromatic hydroxyl groups is 1. The number of rotatable bonds is 13. The number of carbonyl (C=O) groups is 4. The van der Waals surface area contributed by atoms with E-state index >= 15 is 0 Å². The zero-order chi connectivity index (χ0) is 31.8. The molecule has 0 aliphatic rings. The quantitative estimate of drug-likeness (QED) is 0.210. The first-order valence-corrected chi connectivity index (χ1v) is 15.6. The second-order valence-electron chi connectivity index (χ2n) is 11.0. The van der Waals surface area contributed by atoms with Crippen molar-refractivity contribution in [2.75, 3.05) is 19.0 Å². The summed E-state index contributed by atoms with van der Waals surface area (Å²) in [6.07, 6.45) is 0.396. The van der Waals surface area contributed by atoms with Gasteiger partial charge in [-0.1, -0.05) is 0 Å². The molecule has 0 fully saturated rings. The monoisotopic (exact) mass is 632 g/mol. The van der Waals surface area contributed by atoms with Crippen molar-refractivity contribution in [3.05, 3.63) is 83.9 Å². The van der Waals surface area contributed by atoms with Gasteiger partial charge in [-0.2, -0.15) is 0 Å². The van der Waals surface area contributed by atoms with Gasteiger partial charge in [-0.05, 0) is 6.92 Å². The SMILES string of the molecule is [CH2]=[Co]([c]1ccc(NC(=O)CCC(C)(CC(C)(C)C(=O)OC)C(=O)OCC)cc1)[c]1ccc(C(=O)c2ccccc2)c(O)c1. The van der Waals surface area contributed by atoms with Crippen LogP contribution in [0.2, 0.25) is 0 Å². The van der Waals surface area contributed by atoms with Gasteiger partial charge < -0.3 is 4.74 Å². The first-order chi connectivity index (χ1) is 20.3. The molecule has 8 nitrogen and oxygen atoms in total. The van der Waals surface area contributed by atoms with Crippen LogP contribution >= 0.6 is 0 Å². The Hall–Kier alpha value is -4.08. The molecule has 3 aromatic rings. The van der Waals surface area contributed by atoms with E-state index in [4.69, 9.17) is 9.47 Å². The van der Waals surface area contributed by atoms with Crippen LogP contribution in [0.3, 0.4) is 0 Å². The van der Waals surface area contributed by atoms with Gasteiger partial charge in [0.2, 0.25) is 0 Å². The fourth-order valence-electron chi connectivity index (χ4n) is 4.83. The average Bonchev–Trinajstić information content (AvgIpc) is 2.99. The van der Waals surface area contributed by atoms with Gasteiger partial charge in [0, 0.05) is 0 Å². The van der Waals surface area contributed by atoms with E-state index in [1.54, 1.807) is 82.3 Å². The number of phenols is 1. The molecule has 9 heteroatoms. The van der Waals surface area contributed by atoms with Crippen LogP contribution in [0.4, 0.5) is 5.69 Å². The maximum atomic E-state index is 12.8. The Morgan fingerprint density at radius 2 is 1.53 bits per heavy atom. The number of phenolic OH excluding ortho intramolecular Hbond substituents is 1. The minimum atomic E-state index is -1.06. The van der Waals surface area contributed by atoms with Crippen molar-refractivity contribution >= 4 is 43.8 Å². The summed E-state index contributed by atoms with van der Waals surface area (Å²) in [6, 6.07) is 21.0. The van der Waals surface area contributed by atoms with Crippen LogP contribution in [-0.2, 0) is 37.1 Å². The number of carbonyl (C=O) groups excluding carboxylic acids is 4. The molecule has 231 valence electrons. The van der Waals surface area contributed by atoms with Gasteiger partial charge in [0.1, 0.15) is 0 Å². The number of esters is 2. The number of methoxy groups -OCH3 is 1. The van der Waals surface area contributed by atoms with Gasteiger partial charge in [-0.3, -0.25) is 4.79 Å². The summed E-state index contributed by atoms with van der Waals surface area (Å²) in [5.74, 6) is -1.54. The molecule has 1 unspecified atom stereocenters. The first-order valence-electron chi connectivity index (χ1n) is 13.8. The van der Waals surface area contributed by atoms with Crippen LogP contribution in [0.15, 0.2) is 72.8 Å². The second-order valence-corrected chi connectivity index (χ2v) is 13.2. The molecular weight excluding hydrogens is 593 g/mol. The summed E-state index contributed by atoms with van der Waals surface area (Å²) in [7, 11) is 1.30. The van der Waals surface area contributed by atoms with Crippen molar-refractivity contribution < 1.29 is 47.0 Å². The maximum absolute atomic E-state index is 12.8. The molecule has 0 saturated heterocycles. The molecule has 0 heterocycles. The Kier molecular flexibility index (Phi) is 11.2. The van der Waals surface area contributed by atoms with Gasteiger partial charge in [0.05, 0.1) is 7.11 Å². The van der Waals surface area contributed by atoms with Crippen LogP contribution in [0.25, 0.3) is 0 Å². The fraction of sp³-hybridized carbons (Fsp3) is 0.324. The van der Waals surface area contributed by atoms with E-state index < -0.39 is 36.0 Å². The van der Waals surface area contributed by atoms with Crippen molar-refractivity contribution in [1.82, 2.24) is 0 Å². The Bertz CT molecular complexity index is 1500. The van der Waals surface area contributed by atoms with Gasteiger partial charge in [-0.25, -0.2) is 0 Å². The third-order valence-corrected chi connectivity index (χ3v) is 9.17. The molecule has 1 atom stereocenters. The molecule has 43 heavy (non-hydrogen) atoms. The molecule has 0 bridgehead atoms. The predicted molar refractivity (Wildman–Crippen MR) is 164 cm³/mol. The molecule has 0 aliphatic carbocycles. The molecular formula is C34H39CoNO7. The molecule has 3 aromatic carbocycles. The van der Waals surface area contributed by atoms with Gasteiger partial charge in [0.25, 0.3) is 0 Å². The molecule has 0 spiro atoms. The fourth-order valence-corrected chi connectivity index (χ4v) is 6.39. The summed E-state index contributed by atoms with van der Waals surface area (Å²) in [6.45, 7) is 7.01. The number of ether oxygens (including phenoxy) is 2. The molecule has 3 rings (SSSR count). The summed E-state index contributed by atoms with van der Waals surface area (Å²) >= 11 is -1.06. The van der Waals surface area contributed by atoms with E-state index in [9.17, 15) is 24.3 Å². The Morgan fingerprint density at radius 3 is 2.12 bits per heavy atom. The van der Waals surface area contributed by atoms with Crippen molar-refractivity contribution in [2.24, 2.45) is 10.8 Å². The van der Waals surface area contributed by atoms with Gasteiger partial charge >= 0.3 is 234 Å². The third-order valence-electron chi connectivity index (χ3n) is 7.05. The zero-order valence-corrected chi connectivity index (χ0v) is 26.2. The van der Waals surface area contributed by atoms with Gasteiger partial charge in [0.15, 0.2) is 0 Å². The molecule has 0 radical (unpaired) electrons. The van der Waals surface area contributed by atoms with E-state index in [-0.39, 0.29) is 48.9 Å². The van der Waals surface area contributed by atoms with Crippen LogP contribution in [-0.4, -0.2) is 47.9 Å².